The molecule has 2 saturated carbocycles. The maximum Gasteiger partial charge on any atom is 0.276 e. The lowest BCUT2D eigenvalue weighted by molar-refractivity contribution is -0.384. The van der Waals surface area contributed by atoms with E-state index in [9.17, 15) is 10.1 Å². The molecule has 6 heteroatoms. The number of rotatable bonds is 7. The van der Waals surface area contributed by atoms with Gasteiger partial charge in [0.15, 0.2) is 0 Å². The van der Waals surface area contributed by atoms with E-state index in [-0.39, 0.29) is 10.6 Å². The molecule has 0 unspecified atom stereocenters. The normalized spacial score (nSPS) is 19.4. The predicted molar refractivity (Wildman–Crippen MR) is 77.9 cm³/mol. The molecule has 0 saturated heterocycles. The fourth-order valence-electron chi connectivity index (χ4n) is 2.84. The Morgan fingerprint density at radius 1 is 1.35 bits per heavy atom. The largest absolute Gasteiger partial charge is 0.370 e. The summed E-state index contributed by atoms with van der Waals surface area (Å²) in [6.45, 7) is 3.52. The number of aromatic nitrogens is 1. The zero-order valence-corrected chi connectivity index (χ0v) is 11.7. The summed E-state index contributed by atoms with van der Waals surface area (Å²) in [6.07, 6.45) is 5.23. The fourth-order valence-corrected chi connectivity index (χ4v) is 2.84. The minimum atomic E-state index is -0.374. The van der Waals surface area contributed by atoms with E-state index in [0.29, 0.717) is 23.6 Å². The van der Waals surface area contributed by atoms with Crippen molar-refractivity contribution in [3.05, 3.63) is 22.2 Å². The average molecular weight is 276 g/mol. The molecule has 108 valence electrons. The molecule has 0 aromatic carbocycles. The molecule has 2 aliphatic rings. The second-order valence-electron chi connectivity index (χ2n) is 5.87. The highest BCUT2D eigenvalue weighted by molar-refractivity contribution is 5.54. The van der Waals surface area contributed by atoms with Crippen LogP contribution in [0.2, 0.25) is 0 Å². The van der Waals surface area contributed by atoms with Crippen molar-refractivity contribution < 1.29 is 4.92 Å². The number of hydrogen-bond donors (Lipinski definition) is 2. The van der Waals surface area contributed by atoms with Gasteiger partial charge in [-0.15, -0.1) is 0 Å². The van der Waals surface area contributed by atoms with Gasteiger partial charge >= 0.3 is 0 Å². The molecule has 20 heavy (non-hydrogen) atoms. The number of nitrogens with zero attached hydrogens (tertiary/aromatic N) is 2. The van der Waals surface area contributed by atoms with Crippen LogP contribution in [0.5, 0.6) is 0 Å². The van der Waals surface area contributed by atoms with E-state index in [0.717, 1.165) is 12.5 Å². The summed E-state index contributed by atoms with van der Waals surface area (Å²) in [5.74, 6) is 2.02. The fraction of sp³-hybridized carbons (Fsp3) is 0.643. The van der Waals surface area contributed by atoms with Gasteiger partial charge in [0.05, 0.1) is 17.1 Å². The molecule has 0 amide bonds. The van der Waals surface area contributed by atoms with E-state index in [2.05, 4.69) is 15.6 Å². The summed E-state index contributed by atoms with van der Waals surface area (Å²) >= 11 is 0. The van der Waals surface area contributed by atoms with Crippen LogP contribution in [0, 0.1) is 21.4 Å². The monoisotopic (exact) mass is 276 g/mol. The molecule has 0 aliphatic heterocycles. The average Bonchev–Trinajstić information content (AvgIpc) is 3.27. The van der Waals surface area contributed by atoms with Crippen LogP contribution in [0.25, 0.3) is 0 Å². The van der Waals surface area contributed by atoms with Gasteiger partial charge < -0.3 is 10.6 Å². The third-order valence-corrected chi connectivity index (χ3v) is 4.34. The lowest BCUT2D eigenvalue weighted by atomic mass is 10.0. The molecule has 1 heterocycles. The zero-order chi connectivity index (χ0) is 14.2. The summed E-state index contributed by atoms with van der Waals surface area (Å²) in [6, 6.07) is 2.99. The second kappa shape index (κ2) is 4.92. The lowest BCUT2D eigenvalue weighted by Gasteiger charge is -2.16. The Balaban J connectivity index is 1.72. The third kappa shape index (κ3) is 2.69. The van der Waals surface area contributed by atoms with Gasteiger partial charge in [0, 0.05) is 13.1 Å². The molecule has 6 nitrogen and oxygen atoms in total. The summed E-state index contributed by atoms with van der Waals surface area (Å²) in [7, 11) is 0. The highest BCUT2D eigenvalue weighted by Crippen LogP contribution is 2.61. The predicted octanol–water partition coefficient (Wildman–Crippen LogP) is 3.02. The van der Waals surface area contributed by atoms with Crippen molar-refractivity contribution >= 4 is 17.3 Å². The second-order valence-corrected chi connectivity index (χ2v) is 5.87. The summed E-state index contributed by atoms with van der Waals surface area (Å²) < 4.78 is 0. The van der Waals surface area contributed by atoms with E-state index < -0.39 is 0 Å². The maximum absolute atomic E-state index is 11.0. The molecule has 1 aromatic heterocycles. The molecule has 2 fully saturated rings. The molecule has 0 spiro atoms. The number of hydrogen-bond acceptors (Lipinski definition) is 5. The summed E-state index contributed by atoms with van der Waals surface area (Å²) in [4.78, 5) is 15.0. The quantitative estimate of drug-likeness (QED) is 0.591. The first kappa shape index (κ1) is 13.1. The minimum absolute atomic E-state index is 0.0784. The van der Waals surface area contributed by atoms with Gasteiger partial charge in [0.25, 0.3) is 5.69 Å². The molecule has 0 radical (unpaired) electrons. The summed E-state index contributed by atoms with van der Waals surface area (Å²) in [5.41, 5.74) is 0.528. The van der Waals surface area contributed by atoms with Crippen molar-refractivity contribution in [3.63, 3.8) is 0 Å². The van der Waals surface area contributed by atoms with E-state index >= 15 is 0 Å². The molecule has 0 bridgehead atoms. The van der Waals surface area contributed by atoms with Crippen LogP contribution in [-0.2, 0) is 0 Å². The number of nitrogens with one attached hydrogen (secondary N) is 2. The van der Waals surface area contributed by atoms with Gasteiger partial charge in [-0.25, -0.2) is 4.98 Å². The van der Waals surface area contributed by atoms with Crippen molar-refractivity contribution in [1.29, 1.82) is 0 Å². The van der Waals surface area contributed by atoms with Crippen LogP contribution in [0.4, 0.5) is 17.3 Å². The Morgan fingerprint density at radius 2 is 2.00 bits per heavy atom. The van der Waals surface area contributed by atoms with Crippen molar-refractivity contribution in [2.75, 3.05) is 23.7 Å². The Labute approximate surface area is 118 Å². The zero-order valence-electron chi connectivity index (χ0n) is 11.7. The standard InChI is InChI=1S/C14H20N4O2/c1-2-15-12-7-11(18(19)20)8-13(17-12)16-9-14(5-6-14)10-3-4-10/h7-8,10H,2-6,9H2,1H3,(H2,15,16,17). The van der Waals surface area contributed by atoms with Crippen LogP contribution in [0.1, 0.15) is 32.6 Å². The third-order valence-electron chi connectivity index (χ3n) is 4.34. The maximum atomic E-state index is 11.0. The number of pyridine rings is 1. The van der Waals surface area contributed by atoms with Gasteiger partial charge in [0.2, 0.25) is 0 Å². The molecular weight excluding hydrogens is 256 g/mol. The number of anilines is 2. The Bertz CT molecular complexity index is 524. The number of nitro groups is 1. The molecule has 2 N–H and O–H groups in total. The first-order valence-electron chi connectivity index (χ1n) is 7.27. The van der Waals surface area contributed by atoms with E-state index in [4.69, 9.17) is 0 Å². The van der Waals surface area contributed by atoms with Gasteiger partial charge in [0.1, 0.15) is 11.6 Å². The minimum Gasteiger partial charge on any atom is -0.370 e. The van der Waals surface area contributed by atoms with Crippen molar-refractivity contribution in [1.82, 2.24) is 4.98 Å². The van der Waals surface area contributed by atoms with Crippen LogP contribution >= 0.6 is 0 Å². The molecule has 0 atom stereocenters. The summed E-state index contributed by atoms with van der Waals surface area (Å²) in [5, 5.41) is 17.3. The highest BCUT2D eigenvalue weighted by Gasteiger charge is 2.53. The van der Waals surface area contributed by atoms with E-state index in [1.54, 1.807) is 0 Å². The van der Waals surface area contributed by atoms with Gasteiger partial charge in [-0.1, -0.05) is 0 Å². The highest BCUT2D eigenvalue weighted by atomic mass is 16.6. The van der Waals surface area contributed by atoms with Crippen molar-refractivity contribution in [3.8, 4) is 0 Å². The molecule has 3 rings (SSSR count). The molecule has 1 aromatic rings. The topological polar surface area (TPSA) is 80.1 Å². The first-order valence-corrected chi connectivity index (χ1v) is 7.27. The van der Waals surface area contributed by atoms with Crippen LogP contribution in [0.3, 0.4) is 0 Å². The van der Waals surface area contributed by atoms with Gasteiger partial charge in [-0.2, -0.15) is 0 Å². The van der Waals surface area contributed by atoms with Gasteiger partial charge in [-0.3, -0.25) is 10.1 Å². The van der Waals surface area contributed by atoms with E-state index in [1.807, 2.05) is 6.92 Å². The Morgan fingerprint density at radius 3 is 2.50 bits per heavy atom. The Kier molecular flexibility index (Phi) is 3.23. The van der Waals surface area contributed by atoms with Crippen LogP contribution in [0.15, 0.2) is 12.1 Å². The van der Waals surface area contributed by atoms with E-state index in [1.165, 1.54) is 37.8 Å². The smallest absolute Gasteiger partial charge is 0.276 e. The molecular formula is C14H20N4O2. The molecule has 2 aliphatic carbocycles. The Hall–Kier alpha value is -1.85. The lowest BCUT2D eigenvalue weighted by Crippen LogP contribution is -2.18. The van der Waals surface area contributed by atoms with Crippen LogP contribution < -0.4 is 10.6 Å². The van der Waals surface area contributed by atoms with Gasteiger partial charge in [-0.05, 0) is 43.9 Å². The van der Waals surface area contributed by atoms with Crippen molar-refractivity contribution in [2.24, 2.45) is 11.3 Å². The first-order chi connectivity index (χ1) is 9.63. The van der Waals surface area contributed by atoms with Crippen LogP contribution in [-0.4, -0.2) is 23.0 Å². The SMILES string of the molecule is CCNc1cc([N+](=O)[O-])cc(NCC2(C3CC3)CC2)n1. The van der Waals surface area contributed by atoms with Crippen molar-refractivity contribution in [2.45, 2.75) is 32.6 Å².